The maximum Gasteiger partial charge on any atom is 0.164 e. The summed E-state index contributed by atoms with van der Waals surface area (Å²) in [5.74, 6) is 1.96. The van der Waals surface area contributed by atoms with E-state index in [4.69, 9.17) is 4.42 Å². The number of nitrogens with zero attached hydrogens (tertiary/aromatic N) is 1. The van der Waals surface area contributed by atoms with Crippen molar-refractivity contribution in [3.05, 3.63) is 21.7 Å². The van der Waals surface area contributed by atoms with E-state index in [2.05, 4.69) is 39.7 Å². The zero-order chi connectivity index (χ0) is 12.8. The summed E-state index contributed by atoms with van der Waals surface area (Å²) in [5.41, 5.74) is 0. The molecule has 4 heteroatoms. The fraction of sp³-hybridized carbons (Fsp3) is 0.714. The summed E-state index contributed by atoms with van der Waals surface area (Å²) in [6.45, 7) is 8.09. The van der Waals surface area contributed by atoms with Crippen LogP contribution in [0.25, 0.3) is 0 Å². The van der Waals surface area contributed by atoms with E-state index in [1.807, 2.05) is 12.1 Å². The van der Waals surface area contributed by atoms with E-state index in [-0.39, 0.29) is 0 Å². The largest absolute Gasteiger partial charge is 0.454 e. The zero-order valence-corrected chi connectivity index (χ0v) is 13.3. The molecule has 0 amide bonds. The Labute approximate surface area is 123 Å². The lowest BCUT2D eigenvalue weighted by atomic mass is 9.99. The van der Waals surface area contributed by atoms with E-state index in [0.717, 1.165) is 28.5 Å². The van der Waals surface area contributed by atoms with Crippen LogP contribution in [0, 0.1) is 9.68 Å². The molecule has 0 radical (unpaired) electrons. The highest BCUT2D eigenvalue weighted by Crippen LogP contribution is 2.15. The Bertz CT molecular complexity index is 345. The number of halogens is 1. The summed E-state index contributed by atoms with van der Waals surface area (Å²) in [6.07, 6.45) is 3.97. The van der Waals surface area contributed by atoms with Crippen LogP contribution in [0.5, 0.6) is 0 Å². The molecule has 0 unspecified atom stereocenters. The molecule has 0 spiro atoms. The van der Waals surface area contributed by atoms with Crippen LogP contribution < -0.4 is 5.32 Å². The van der Waals surface area contributed by atoms with Crippen molar-refractivity contribution >= 4 is 22.6 Å². The molecular weight excluding hydrogens is 339 g/mol. The highest BCUT2D eigenvalue weighted by molar-refractivity contribution is 14.1. The smallest absolute Gasteiger partial charge is 0.164 e. The van der Waals surface area contributed by atoms with Crippen molar-refractivity contribution in [2.45, 2.75) is 32.7 Å². The monoisotopic (exact) mass is 362 g/mol. The van der Waals surface area contributed by atoms with E-state index >= 15 is 0 Å². The van der Waals surface area contributed by atoms with Crippen LogP contribution >= 0.6 is 22.6 Å². The first-order valence-electron chi connectivity index (χ1n) is 6.91. The van der Waals surface area contributed by atoms with Crippen molar-refractivity contribution < 1.29 is 4.42 Å². The maximum atomic E-state index is 5.51. The molecular formula is C14H23IN2O. The first kappa shape index (κ1) is 14.3. The van der Waals surface area contributed by atoms with Gasteiger partial charge in [-0.1, -0.05) is 6.92 Å². The summed E-state index contributed by atoms with van der Waals surface area (Å²) in [4.78, 5) is 2.59. The molecule has 0 bridgehead atoms. The first-order valence-corrected chi connectivity index (χ1v) is 7.99. The molecule has 2 rings (SSSR count). The van der Waals surface area contributed by atoms with Crippen molar-refractivity contribution in [2.24, 2.45) is 5.92 Å². The minimum absolute atomic E-state index is 0.847. The van der Waals surface area contributed by atoms with E-state index in [1.54, 1.807) is 0 Å². The Kier molecular flexibility index (Phi) is 5.98. The molecule has 1 fully saturated rings. The quantitative estimate of drug-likeness (QED) is 0.623. The van der Waals surface area contributed by atoms with Crippen LogP contribution in [0.2, 0.25) is 0 Å². The van der Waals surface area contributed by atoms with Crippen LogP contribution in [0.1, 0.15) is 31.9 Å². The Morgan fingerprint density at radius 3 is 2.83 bits per heavy atom. The van der Waals surface area contributed by atoms with E-state index in [1.165, 1.54) is 38.9 Å². The predicted molar refractivity (Wildman–Crippen MR) is 82.6 cm³/mol. The van der Waals surface area contributed by atoms with Gasteiger partial charge in [-0.25, -0.2) is 0 Å². The molecule has 0 atom stereocenters. The normalized spacial score (nSPS) is 18.3. The second kappa shape index (κ2) is 7.50. The molecule has 1 saturated heterocycles. The van der Waals surface area contributed by atoms with Gasteiger partial charge in [0.1, 0.15) is 5.76 Å². The lowest BCUT2D eigenvalue weighted by Crippen LogP contribution is -2.34. The molecule has 1 aliphatic rings. The van der Waals surface area contributed by atoms with Crippen LogP contribution in [0.3, 0.4) is 0 Å². The minimum atomic E-state index is 0.847. The van der Waals surface area contributed by atoms with Gasteiger partial charge in [-0.3, -0.25) is 0 Å². The number of likely N-dealkylation sites (tertiary alicyclic amines) is 1. The van der Waals surface area contributed by atoms with Crippen LogP contribution in [0.4, 0.5) is 0 Å². The SMILES string of the molecule is CC1CCN(CCCNCc2ccc(I)o2)CC1. The maximum absolute atomic E-state index is 5.51. The van der Waals surface area contributed by atoms with E-state index in [0.29, 0.717) is 0 Å². The summed E-state index contributed by atoms with van der Waals surface area (Å²) in [5, 5.41) is 3.44. The third kappa shape index (κ3) is 4.90. The van der Waals surface area contributed by atoms with Gasteiger partial charge in [0.15, 0.2) is 3.77 Å². The fourth-order valence-electron chi connectivity index (χ4n) is 2.37. The fourth-order valence-corrected chi connectivity index (χ4v) is 2.83. The lowest BCUT2D eigenvalue weighted by molar-refractivity contribution is 0.190. The van der Waals surface area contributed by atoms with Gasteiger partial charge < -0.3 is 14.6 Å². The molecule has 0 saturated carbocycles. The van der Waals surface area contributed by atoms with Gasteiger partial charge >= 0.3 is 0 Å². The third-order valence-electron chi connectivity index (χ3n) is 3.63. The van der Waals surface area contributed by atoms with Gasteiger partial charge in [0.05, 0.1) is 6.54 Å². The molecule has 0 aliphatic carbocycles. The van der Waals surface area contributed by atoms with Gasteiger partial charge in [0.2, 0.25) is 0 Å². The second-order valence-electron chi connectivity index (χ2n) is 5.26. The summed E-state index contributed by atoms with van der Waals surface area (Å²) in [6, 6.07) is 4.05. The Hall–Kier alpha value is -0.0700. The standard InChI is InChI=1S/C14H23IN2O/c1-12-5-9-17(10-6-12)8-2-7-16-11-13-3-4-14(15)18-13/h3-4,12,16H,2,5-11H2,1H3. The summed E-state index contributed by atoms with van der Waals surface area (Å²) in [7, 11) is 0. The third-order valence-corrected chi connectivity index (χ3v) is 4.21. The van der Waals surface area contributed by atoms with Crippen molar-refractivity contribution in [3.63, 3.8) is 0 Å². The average Bonchev–Trinajstić information content (AvgIpc) is 2.77. The van der Waals surface area contributed by atoms with Crippen LogP contribution in [0.15, 0.2) is 16.5 Å². The number of hydrogen-bond acceptors (Lipinski definition) is 3. The molecule has 0 aromatic carbocycles. The number of piperidine rings is 1. The van der Waals surface area contributed by atoms with Crippen LogP contribution in [-0.2, 0) is 6.54 Å². The van der Waals surface area contributed by atoms with Gasteiger partial charge in [-0.15, -0.1) is 0 Å². The molecule has 1 aliphatic heterocycles. The minimum Gasteiger partial charge on any atom is -0.454 e. The first-order chi connectivity index (χ1) is 8.74. The van der Waals surface area contributed by atoms with Gasteiger partial charge in [-0.05, 0) is 86.1 Å². The lowest BCUT2D eigenvalue weighted by Gasteiger charge is -2.30. The highest BCUT2D eigenvalue weighted by atomic mass is 127. The molecule has 1 aromatic heterocycles. The van der Waals surface area contributed by atoms with Gasteiger partial charge in [-0.2, -0.15) is 0 Å². The van der Waals surface area contributed by atoms with Gasteiger partial charge in [0.25, 0.3) is 0 Å². The zero-order valence-electron chi connectivity index (χ0n) is 11.1. The number of nitrogens with one attached hydrogen (secondary N) is 1. The number of hydrogen-bond donors (Lipinski definition) is 1. The van der Waals surface area contributed by atoms with E-state index in [9.17, 15) is 0 Å². The molecule has 1 N–H and O–H groups in total. The average molecular weight is 362 g/mol. The topological polar surface area (TPSA) is 28.4 Å². The van der Waals surface area contributed by atoms with Crippen molar-refractivity contribution in [2.75, 3.05) is 26.2 Å². The molecule has 3 nitrogen and oxygen atoms in total. The second-order valence-corrected chi connectivity index (χ2v) is 6.32. The predicted octanol–water partition coefficient (Wildman–Crippen LogP) is 3.10. The molecule has 18 heavy (non-hydrogen) atoms. The molecule has 2 heterocycles. The Morgan fingerprint density at radius 1 is 1.39 bits per heavy atom. The number of furan rings is 1. The molecule has 102 valence electrons. The van der Waals surface area contributed by atoms with Crippen molar-refractivity contribution in [3.8, 4) is 0 Å². The van der Waals surface area contributed by atoms with Crippen LogP contribution in [-0.4, -0.2) is 31.1 Å². The van der Waals surface area contributed by atoms with Crippen molar-refractivity contribution in [1.82, 2.24) is 10.2 Å². The summed E-state index contributed by atoms with van der Waals surface area (Å²) >= 11 is 2.20. The molecule has 1 aromatic rings. The Balaban J connectivity index is 1.51. The highest BCUT2D eigenvalue weighted by Gasteiger charge is 2.14. The number of rotatable bonds is 6. The van der Waals surface area contributed by atoms with Crippen molar-refractivity contribution in [1.29, 1.82) is 0 Å². The van der Waals surface area contributed by atoms with E-state index < -0.39 is 0 Å². The summed E-state index contributed by atoms with van der Waals surface area (Å²) < 4.78 is 6.47. The Morgan fingerprint density at radius 2 is 2.17 bits per heavy atom. The van der Waals surface area contributed by atoms with Gasteiger partial charge in [0, 0.05) is 0 Å².